The van der Waals surface area contributed by atoms with Crippen LogP contribution in [0.5, 0.6) is 23.0 Å². The summed E-state index contributed by atoms with van der Waals surface area (Å²) in [5.41, 5.74) is 7.28. The van der Waals surface area contributed by atoms with Crippen molar-refractivity contribution >= 4 is 58.4 Å². The van der Waals surface area contributed by atoms with E-state index < -0.39 is 5.97 Å². The summed E-state index contributed by atoms with van der Waals surface area (Å²) in [7, 11) is 4.41. The summed E-state index contributed by atoms with van der Waals surface area (Å²) in [5.74, 6) is 0.987. The van der Waals surface area contributed by atoms with Crippen LogP contribution in [0, 0.1) is 0 Å². The van der Waals surface area contributed by atoms with Crippen molar-refractivity contribution in [2.24, 2.45) is 9.98 Å². The Kier molecular flexibility index (Phi) is 10.9. The van der Waals surface area contributed by atoms with E-state index in [1.165, 1.54) is 14.2 Å². The molecule has 0 unspecified atom stereocenters. The van der Waals surface area contributed by atoms with Crippen molar-refractivity contribution in [2.45, 2.75) is 57.7 Å². The van der Waals surface area contributed by atoms with Gasteiger partial charge in [0.05, 0.1) is 74.7 Å². The van der Waals surface area contributed by atoms with E-state index in [9.17, 15) is 14.4 Å². The van der Waals surface area contributed by atoms with E-state index in [2.05, 4.69) is 50.4 Å². The molecule has 13 nitrogen and oxygen atoms in total. The van der Waals surface area contributed by atoms with Gasteiger partial charge in [-0.25, -0.2) is 4.79 Å². The molecule has 0 spiro atoms. The molecule has 0 radical (unpaired) electrons. The van der Waals surface area contributed by atoms with Crippen LogP contribution >= 0.6 is 0 Å². The zero-order valence-corrected chi connectivity index (χ0v) is 34.5. The maximum atomic E-state index is 13.9. The number of hydrogen-bond acceptors (Lipinski definition) is 11. The number of esters is 1. The number of benzene rings is 4. The van der Waals surface area contributed by atoms with Gasteiger partial charge in [0, 0.05) is 67.5 Å². The van der Waals surface area contributed by atoms with E-state index in [0.717, 1.165) is 28.0 Å². The minimum absolute atomic E-state index is 0.0426. The quantitative estimate of drug-likeness (QED) is 0.110. The number of amides is 2. The van der Waals surface area contributed by atoms with Gasteiger partial charge in [-0.2, -0.15) is 0 Å². The molecule has 2 atom stereocenters. The average Bonchev–Trinajstić information content (AvgIpc) is 3.83. The standard InChI is InChI=1S/C47H47N5O8/c1-47(2,3)50-33-14-12-29(13-15-33)32-19-35-25-49-39-23-43(41(57-5)21-37(39)45(54)52(35)27-32)60-17-7-16-59-42-22-38-36(20-40(42)56-4)44(53)51-26-31(18-34(51)24-48-38)28-8-10-30(11-9-28)46(55)58-6/h8-15,20-27,34-35,50H,7,16-19H2,1-6H3/t34-,35-/m0/s1. The molecule has 4 heterocycles. The molecule has 0 aliphatic carbocycles. The minimum atomic E-state index is -0.405. The normalized spacial score (nSPS) is 17.7. The van der Waals surface area contributed by atoms with Gasteiger partial charge in [-0.15, -0.1) is 0 Å². The number of anilines is 1. The van der Waals surface area contributed by atoms with E-state index >= 15 is 0 Å². The summed E-state index contributed by atoms with van der Waals surface area (Å²) in [6, 6.07) is 21.7. The highest BCUT2D eigenvalue weighted by molar-refractivity contribution is 6.06. The molecule has 0 aromatic heterocycles. The molecule has 1 N–H and O–H groups in total. The van der Waals surface area contributed by atoms with Gasteiger partial charge in [-0.3, -0.25) is 19.6 Å². The summed E-state index contributed by atoms with van der Waals surface area (Å²) < 4.78 is 28.4. The van der Waals surface area contributed by atoms with Crippen molar-refractivity contribution < 1.29 is 38.1 Å². The first-order chi connectivity index (χ1) is 28.9. The van der Waals surface area contributed by atoms with Crippen LogP contribution in [-0.4, -0.2) is 92.2 Å². The monoisotopic (exact) mass is 809 g/mol. The SMILES string of the molecule is COC(=O)c1ccc(C2=CN3C(=O)c4cc(OC)c(OCCCOc5cc6c(cc5OC)C(=O)N5C=C(c7ccc(NC(C)(C)C)cc7)C[C@H]5C=N6)cc4N=C[C@@H]3C2)cc1. The molecule has 4 aliphatic heterocycles. The maximum Gasteiger partial charge on any atom is 0.337 e. The van der Waals surface area contributed by atoms with E-state index in [-0.39, 0.29) is 36.0 Å². The van der Waals surface area contributed by atoms with Crippen LogP contribution in [-0.2, 0) is 4.74 Å². The molecule has 0 saturated heterocycles. The largest absolute Gasteiger partial charge is 0.493 e. The zero-order chi connectivity index (χ0) is 42.1. The summed E-state index contributed by atoms with van der Waals surface area (Å²) in [6.45, 7) is 6.95. The molecule has 60 heavy (non-hydrogen) atoms. The Hall–Kier alpha value is -6.89. The second-order valence-electron chi connectivity index (χ2n) is 15.9. The predicted octanol–water partition coefficient (Wildman–Crippen LogP) is 8.49. The lowest BCUT2D eigenvalue weighted by molar-refractivity contribution is 0.0600. The number of nitrogens with zero attached hydrogens (tertiary/aromatic N) is 4. The number of fused-ring (bicyclic) bond motifs is 4. The zero-order valence-electron chi connectivity index (χ0n) is 34.5. The number of methoxy groups -OCH3 is 3. The van der Waals surface area contributed by atoms with Crippen molar-refractivity contribution in [1.29, 1.82) is 0 Å². The number of carbonyl (C=O) groups is 3. The van der Waals surface area contributed by atoms with Crippen molar-refractivity contribution in [2.75, 3.05) is 39.9 Å². The van der Waals surface area contributed by atoms with Gasteiger partial charge in [0.15, 0.2) is 23.0 Å². The van der Waals surface area contributed by atoms with Crippen molar-refractivity contribution in [3.05, 3.63) is 113 Å². The summed E-state index contributed by atoms with van der Waals surface area (Å²) >= 11 is 0. The molecule has 0 bridgehead atoms. The fourth-order valence-corrected chi connectivity index (χ4v) is 7.70. The van der Waals surface area contributed by atoms with Crippen LogP contribution in [0.25, 0.3) is 11.1 Å². The van der Waals surface area contributed by atoms with E-state index in [1.807, 2.05) is 30.7 Å². The summed E-state index contributed by atoms with van der Waals surface area (Å²) in [6.07, 6.45) is 9.09. The Bertz CT molecular complexity index is 2460. The predicted molar refractivity (Wildman–Crippen MR) is 231 cm³/mol. The molecule has 2 amide bonds. The molecule has 13 heteroatoms. The van der Waals surface area contributed by atoms with Gasteiger partial charge in [0.25, 0.3) is 11.8 Å². The number of rotatable bonds is 12. The van der Waals surface area contributed by atoms with Gasteiger partial charge < -0.3 is 38.8 Å². The van der Waals surface area contributed by atoms with Crippen LogP contribution in [0.3, 0.4) is 0 Å². The average molecular weight is 810 g/mol. The third kappa shape index (κ3) is 8.07. The Morgan fingerprint density at radius 1 is 0.683 bits per heavy atom. The van der Waals surface area contributed by atoms with Crippen molar-refractivity contribution in [1.82, 2.24) is 9.80 Å². The topological polar surface area (TPSA) is 141 Å². The van der Waals surface area contributed by atoms with Gasteiger partial charge in [0.2, 0.25) is 0 Å². The molecule has 8 rings (SSSR count). The lowest BCUT2D eigenvalue weighted by Gasteiger charge is -2.22. The van der Waals surface area contributed by atoms with Crippen LogP contribution in [0.1, 0.15) is 82.2 Å². The van der Waals surface area contributed by atoms with Crippen LogP contribution in [0.4, 0.5) is 17.1 Å². The van der Waals surface area contributed by atoms with E-state index in [1.54, 1.807) is 59.5 Å². The lowest BCUT2D eigenvalue weighted by atomic mass is 10.0. The van der Waals surface area contributed by atoms with Gasteiger partial charge in [-0.1, -0.05) is 24.3 Å². The second kappa shape index (κ2) is 16.4. The fraction of sp³-hybridized carbons (Fsp3) is 0.298. The van der Waals surface area contributed by atoms with Crippen LogP contribution in [0.2, 0.25) is 0 Å². The smallest absolute Gasteiger partial charge is 0.337 e. The molecule has 0 fully saturated rings. The van der Waals surface area contributed by atoms with Gasteiger partial charge in [-0.05, 0) is 79.4 Å². The molecule has 308 valence electrons. The Morgan fingerprint density at radius 2 is 1.15 bits per heavy atom. The highest BCUT2D eigenvalue weighted by Gasteiger charge is 2.35. The first-order valence-corrected chi connectivity index (χ1v) is 19.8. The number of aliphatic imine (C=N–C) groups is 2. The van der Waals surface area contributed by atoms with Crippen molar-refractivity contribution in [3.8, 4) is 23.0 Å². The third-order valence-corrected chi connectivity index (χ3v) is 10.7. The highest BCUT2D eigenvalue weighted by Crippen LogP contribution is 2.42. The molecule has 4 aromatic carbocycles. The first kappa shape index (κ1) is 39.9. The minimum Gasteiger partial charge on any atom is -0.493 e. The molecular formula is C47H47N5O8. The lowest BCUT2D eigenvalue weighted by Crippen LogP contribution is -2.32. The molecule has 4 aromatic rings. The number of nitrogens with one attached hydrogen (secondary N) is 1. The highest BCUT2D eigenvalue weighted by atomic mass is 16.5. The molecular weight excluding hydrogens is 763 g/mol. The van der Waals surface area contributed by atoms with Crippen LogP contribution in [0.15, 0.2) is 95.2 Å². The number of carbonyl (C=O) groups excluding carboxylic acids is 3. The van der Waals surface area contributed by atoms with Crippen molar-refractivity contribution in [3.63, 3.8) is 0 Å². The van der Waals surface area contributed by atoms with Gasteiger partial charge in [0.1, 0.15) is 0 Å². The Balaban J connectivity index is 0.892. The Morgan fingerprint density at radius 3 is 1.58 bits per heavy atom. The molecule has 4 aliphatic rings. The van der Waals surface area contributed by atoms with Crippen LogP contribution < -0.4 is 24.3 Å². The van der Waals surface area contributed by atoms with Gasteiger partial charge >= 0.3 is 5.97 Å². The number of ether oxygens (including phenoxy) is 5. The van der Waals surface area contributed by atoms with E-state index in [0.29, 0.717) is 76.9 Å². The Labute approximate surface area is 349 Å². The fourth-order valence-electron chi connectivity index (χ4n) is 7.70. The summed E-state index contributed by atoms with van der Waals surface area (Å²) in [4.78, 5) is 52.4. The molecule has 0 saturated carbocycles. The maximum absolute atomic E-state index is 13.9. The number of hydrogen-bond donors (Lipinski definition) is 1. The second-order valence-corrected chi connectivity index (χ2v) is 15.9. The third-order valence-electron chi connectivity index (χ3n) is 10.7. The first-order valence-electron chi connectivity index (χ1n) is 19.8. The van der Waals surface area contributed by atoms with E-state index in [4.69, 9.17) is 33.7 Å². The summed E-state index contributed by atoms with van der Waals surface area (Å²) in [5, 5.41) is 3.48.